The van der Waals surface area contributed by atoms with Crippen molar-refractivity contribution >= 4 is 23.3 Å². The van der Waals surface area contributed by atoms with E-state index in [0.717, 1.165) is 37.8 Å². The number of hydrogen-bond donors (Lipinski definition) is 2. The fourth-order valence-electron chi connectivity index (χ4n) is 4.57. The number of piperidine rings is 2. The molecule has 2 N–H and O–H groups in total. The summed E-state index contributed by atoms with van der Waals surface area (Å²) < 4.78 is 13.2. The van der Waals surface area contributed by atoms with Crippen molar-refractivity contribution in [3.05, 3.63) is 64.9 Å². The molecule has 0 aliphatic carbocycles. The molecule has 0 spiro atoms. The molecule has 6 heteroatoms. The molecule has 4 nitrogen and oxygen atoms in total. The Hall–Kier alpha value is -2.11. The maximum Gasteiger partial charge on any atom is 0.319 e. The van der Waals surface area contributed by atoms with Crippen molar-refractivity contribution < 1.29 is 9.18 Å². The number of amides is 2. The lowest BCUT2D eigenvalue weighted by Gasteiger charge is -2.49. The molecule has 2 atom stereocenters. The van der Waals surface area contributed by atoms with Crippen molar-refractivity contribution in [2.24, 2.45) is 0 Å². The van der Waals surface area contributed by atoms with Crippen LogP contribution in [0.5, 0.6) is 0 Å². The minimum atomic E-state index is -0.197. The molecule has 0 aromatic heterocycles. The number of hydrogen-bond acceptors (Lipinski definition) is 2. The minimum Gasteiger partial charge on any atom is -0.335 e. The van der Waals surface area contributed by atoms with Gasteiger partial charge in [0.1, 0.15) is 5.82 Å². The van der Waals surface area contributed by atoms with Crippen LogP contribution in [0.3, 0.4) is 0 Å². The van der Waals surface area contributed by atoms with Crippen LogP contribution in [0.2, 0.25) is 5.02 Å². The van der Waals surface area contributed by atoms with E-state index in [0.29, 0.717) is 22.8 Å². The summed E-state index contributed by atoms with van der Waals surface area (Å²) in [5, 5.41) is 6.60. The van der Waals surface area contributed by atoms with E-state index in [-0.39, 0.29) is 17.9 Å². The van der Waals surface area contributed by atoms with Gasteiger partial charge in [-0.05, 0) is 61.6 Å². The van der Waals surface area contributed by atoms with Crippen LogP contribution in [0.4, 0.5) is 14.9 Å². The first-order valence-corrected chi connectivity index (χ1v) is 10.3. The molecule has 2 heterocycles. The third-order valence-electron chi connectivity index (χ3n) is 5.82. The van der Waals surface area contributed by atoms with Crippen molar-refractivity contribution in [3.8, 4) is 0 Å². The molecule has 0 saturated carbocycles. The summed E-state index contributed by atoms with van der Waals surface area (Å²) in [6.45, 7) is 0.844. The topological polar surface area (TPSA) is 44.4 Å². The van der Waals surface area contributed by atoms with E-state index in [1.807, 2.05) is 24.3 Å². The Bertz CT molecular complexity index is 815. The summed E-state index contributed by atoms with van der Waals surface area (Å²) in [6, 6.07) is 14.8. The third kappa shape index (κ3) is 4.65. The van der Waals surface area contributed by atoms with E-state index in [9.17, 15) is 9.18 Å². The average Bonchev–Trinajstić information content (AvgIpc) is 2.64. The Labute approximate surface area is 170 Å². The molecule has 0 radical (unpaired) electrons. The highest BCUT2D eigenvalue weighted by Gasteiger charge is 2.38. The third-order valence-corrected chi connectivity index (χ3v) is 6.06. The minimum absolute atomic E-state index is 0.166. The molecule has 2 amide bonds. The molecule has 2 aliphatic rings. The van der Waals surface area contributed by atoms with Gasteiger partial charge in [-0.15, -0.1) is 0 Å². The second kappa shape index (κ2) is 8.50. The lowest BCUT2D eigenvalue weighted by atomic mass is 9.81. The number of carbonyl (C=O) groups excluding carboxylic acids is 1. The second-order valence-corrected chi connectivity index (χ2v) is 8.25. The number of carbonyl (C=O) groups is 1. The lowest BCUT2D eigenvalue weighted by Crippen LogP contribution is -2.56. The molecule has 28 heavy (non-hydrogen) atoms. The molecule has 2 aromatic carbocycles. The van der Waals surface area contributed by atoms with Gasteiger partial charge >= 0.3 is 6.03 Å². The number of fused-ring (bicyclic) bond motifs is 2. The second-order valence-electron chi connectivity index (χ2n) is 7.81. The highest BCUT2D eigenvalue weighted by Crippen LogP contribution is 2.35. The Morgan fingerprint density at radius 1 is 1.11 bits per heavy atom. The van der Waals surface area contributed by atoms with Gasteiger partial charge < -0.3 is 10.6 Å². The van der Waals surface area contributed by atoms with E-state index in [4.69, 9.17) is 11.6 Å². The molecule has 2 fully saturated rings. The van der Waals surface area contributed by atoms with Crippen LogP contribution in [0.15, 0.2) is 48.5 Å². The SMILES string of the molecule is O=C(Nc1cccc(Cl)c1)NC1C[C@H]2CCC[C@H](C1)N2Cc1ccc(F)cc1. The van der Waals surface area contributed by atoms with Crippen molar-refractivity contribution in [2.75, 3.05) is 5.32 Å². The van der Waals surface area contributed by atoms with E-state index >= 15 is 0 Å². The Balaban J connectivity index is 1.36. The van der Waals surface area contributed by atoms with Crippen molar-refractivity contribution in [1.29, 1.82) is 0 Å². The van der Waals surface area contributed by atoms with Gasteiger partial charge in [-0.25, -0.2) is 9.18 Å². The maximum absolute atomic E-state index is 13.2. The molecular weight excluding hydrogens is 377 g/mol. The van der Waals surface area contributed by atoms with Crippen molar-refractivity contribution in [2.45, 2.75) is 56.8 Å². The van der Waals surface area contributed by atoms with Crippen molar-refractivity contribution in [1.82, 2.24) is 10.2 Å². The van der Waals surface area contributed by atoms with E-state index < -0.39 is 0 Å². The number of rotatable bonds is 4. The predicted molar refractivity (Wildman–Crippen MR) is 110 cm³/mol. The first kappa shape index (κ1) is 19.2. The van der Waals surface area contributed by atoms with Crippen LogP contribution in [0, 0.1) is 5.82 Å². The molecule has 2 saturated heterocycles. The number of nitrogens with zero attached hydrogens (tertiary/aromatic N) is 1. The zero-order valence-corrected chi connectivity index (χ0v) is 16.5. The lowest BCUT2D eigenvalue weighted by molar-refractivity contribution is 0.0200. The van der Waals surface area contributed by atoms with E-state index in [2.05, 4.69) is 15.5 Å². The standard InChI is InChI=1S/C22H25ClFN3O/c23-16-3-1-4-18(11-16)25-22(28)26-19-12-20-5-2-6-21(13-19)27(20)14-15-7-9-17(24)10-8-15/h1,3-4,7-11,19-21H,2,5-6,12-14H2,(H2,25,26,28)/t20-,21-/m1/s1. The summed E-state index contributed by atoms with van der Waals surface area (Å²) in [7, 11) is 0. The molecule has 4 rings (SSSR count). The van der Waals surface area contributed by atoms with Crippen LogP contribution >= 0.6 is 11.6 Å². The highest BCUT2D eigenvalue weighted by atomic mass is 35.5. The van der Waals surface area contributed by atoms with Gasteiger partial charge in [0.05, 0.1) is 0 Å². The number of nitrogens with one attached hydrogen (secondary N) is 2. The van der Waals surface area contributed by atoms with Crippen LogP contribution < -0.4 is 10.6 Å². The van der Waals surface area contributed by atoms with E-state index in [1.54, 1.807) is 12.1 Å². The fourth-order valence-corrected chi connectivity index (χ4v) is 4.76. The molecule has 148 valence electrons. The quantitative estimate of drug-likeness (QED) is 0.740. The summed E-state index contributed by atoms with van der Waals surface area (Å²) in [4.78, 5) is 14.9. The van der Waals surface area contributed by atoms with E-state index in [1.165, 1.54) is 18.6 Å². The molecular formula is C22H25ClFN3O. The Kier molecular flexibility index (Phi) is 5.83. The van der Waals surface area contributed by atoms with Crippen LogP contribution in [0.25, 0.3) is 0 Å². The summed E-state index contributed by atoms with van der Waals surface area (Å²) >= 11 is 5.98. The summed E-state index contributed by atoms with van der Waals surface area (Å²) in [6.07, 6.45) is 5.41. The number of benzene rings is 2. The molecule has 2 aliphatic heterocycles. The predicted octanol–water partition coefficient (Wildman–Crippen LogP) is 5.19. The van der Waals surface area contributed by atoms with Crippen molar-refractivity contribution in [3.63, 3.8) is 0 Å². The molecule has 2 aromatic rings. The smallest absolute Gasteiger partial charge is 0.319 e. The molecule has 0 unspecified atom stereocenters. The van der Waals surface area contributed by atoms with Gasteiger partial charge in [0.15, 0.2) is 0 Å². The Morgan fingerprint density at radius 3 is 2.50 bits per heavy atom. The molecule has 2 bridgehead atoms. The van der Waals surface area contributed by atoms with Crippen LogP contribution in [-0.2, 0) is 6.54 Å². The summed E-state index contributed by atoms with van der Waals surface area (Å²) in [5.41, 5.74) is 1.84. The zero-order chi connectivity index (χ0) is 19.5. The van der Waals surface area contributed by atoms with Gasteiger partial charge in [0.2, 0.25) is 0 Å². The Morgan fingerprint density at radius 2 is 1.82 bits per heavy atom. The van der Waals surface area contributed by atoms with Crippen LogP contribution in [-0.4, -0.2) is 29.1 Å². The van der Waals surface area contributed by atoms with Gasteiger partial charge in [-0.2, -0.15) is 0 Å². The van der Waals surface area contributed by atoms with Gasteiger partial charge in [0, 0.05) is 35.4 Å². The first-order chi connectivity index (χ1) is 13.6. The van der Waals surface area contributed by atoms with Gasteiger partial charge in [-0.3, -0.25) is 4.90 Å². The highest BCUT2D eigenvalue weighted by molar-refractivity contribution is 6.30. The largest absolute Gasteiger partial charge is 0.335 e. The monoisotopic (exact) mass is 401 g/mol. The van der Waals surface area contributed by atoms with Crippen LogP contribution in [0.1, 0.15) is 37.7 Å². The average molecular weight is 402 g/mol. The van der Waals surface area contributed by atoms with Gasteiger partial charge in [0.25, 0.3) is 0 Å². The van der Waals surface area contributed by atoms with Gasteiger partial charge in [-0.1, -0.05) is 36.2 Å². The maximum atomic E-state index is 13.2. The normalized spacial score (nSPS) is 24.6. The summed E-state index contributed by atoms with van der Waals surface area (Å²) in [5.74, 6) is -0.197. The number of urea groups is 1. The fraction of sp³-hybridized carbons (Fsp3) is 0.409. The first-order valence-electron chi connectivity index (χ1n) is 9.90. The zero-order valence-electron chi connectivity index (χ0n) is 15.7. The number of halogens is 2. The number of anilines is 1.